The summed E-state index contributed by atoms with van der Waals surface area (Å²) in [6.45, 7) is 1.38. The van der Waals surface area contributed by atoms with E-state index in [1.165, 1.54) is 18.3 Å². The van der Waals surface area contributed by atoms with E-state index in [0.29, 0.717) is 5.75 Å². The van der Waals surface area contributed by atoms with E-state index in [9.17, 15) is 4.79 Å². The van der Waals surface area contributed by atoms with Crippen molar-refractivity contribution in [1.82, 2.24) is 9.97 Å². The van der Waals surface area contributed by atoms with Gasteiger partial charge >= 0.3 is 5.97 Å². The Balaban J connectivity index is 1.77. The lowest BCUT2D eigenvalue weighted by Crippen LogP contribution is -2.01. The first-order valence-corrected chi connectivity index (χ1v) is 7.51. The number of thiazole rings is 1. The molecular weight excluding hydrogens is 298 g/mol. The molecule has 0 radical (unpaired) electrons. The largest absolute Gasteiger partial charge is 0.427 e. The molecular formula is C16H13N3O2S. The van der Waals surface area contributed by atoms with Crippen LogP contribution in [0.4, 0.5) is 10.8 Å². The fourth-order valence-electron chi connectivity index (χ4n) is 1.89. The number of hydrogen-bond acceptors (Lipinski definition) is 6. The Kier molecular flexibility index (Phi) is 4.11. The number of hydrogen-bond donors (Lipinski definition) is 1. The van der Waals surface area contributed by atoms with Crippen molar-refractivity contribution in [2.75, 3.05) is 5.32 Å². The van der Waals surface area contributed by atoms with Crippen molar-refractivity contribution in [2.45, 2.75) is 6.92 Å². The molecule has 0 atom stereocenters. The van der Waals surface area contributed by atoms with Crippen LogP contribution in [0, 0.1) is 0 Å². The molecule has 0 saturated heterocycles. The molecule has 0 unspecified atom stereocenters. The van der Waals surface area contributed by atoms with Crippen molar-refractivity contribution in [1.29, 1.82) is 0 Å². The number of rotatable bonds is 4. The molecule has 1 N–H and O–H groups in total. The Morgan fingerprint density at radius 3 is 2.86 bits per heavy atom. The number of carbonyl (C=O) groups excluding carboxylic acids is 1. The minimum Gasteiger partial charge on any atom is -0.427 e. The number of anilines is 2. The highest BCUT2D eigenvalue weighted by Gasteiger charge is 2.06. The smallest absolute Gasteiger partial charge is 0.308 e. The summed E-state index contributed by atoms with van der Waals surface area (Å²) >= 11 is 1.49. The molecule has 0 aliphatic heterocycles. The van der Waals surface area contributed by atoms with Crippen molar-refractivity contribution in [2.24, 2.45) is 0 Å². The van der Waals surface area contributed by atoms with E-state index in [4.69, 9.17) is 4.74 Å². The highest BCUT2D eigenvalue weighted by atomic mass is 32.1. The van der Waals surface area contributed by atoms with Gasteiger partial charge in [0.15, 0.2) is 5.13 Å². The molecule has 2 aromatic heterocycles. The summed E-state index contributed by atoms with van der Waals surface area (Å²) in [6.07, 6.45) is 1.74. The zero-order chi connectivity index (χ0) is 15.4. The average Bonchev–Trinajstić information content (AvgIpc) is 2.96. The number of nitrogens with one attached hydrogen (secondary N) is 1. The fourth-order valence-corrected chi connectivity index (χ4v) is 2.61. The van der Waals surface area contributed by atoms with Gasteiger partial charge in [0.1, 0.15) is 11.4 Å². The van der Waals surface area contributed by atoms with Crippen molar-refractivity contribution in [3.05, 3.63) is 54.0 Å². The number of esters is 1. The van der Waals surface area contributed by atoms with Crippen LogP contribution in [0.3, 0.4) is 0 Å². The van der Waals surface area contributed by atoms with Gasteiger partial charge in [0, 0.05) is 30.3 Å². The van der Waals surface area contributed by atoms with Crippen molar-refractivity contribution in [3.63, 3.8) is 0 Å². The summed E-state index contributed by atoms with van der Waals surface area (Å²) in [5.41, 5.74) is 2.46. The van der Waals surface area contributed by atoms with Crippen LogP contribution in [0.2, 0.25) is 0 Å². The molecule has 0 saturated carbocycles. The number of aromatic nitrogens is 2. The minimum atomic E-state index is -0.344. The number of ether oxygens (including phenoxy) is 1. The van der Waals surface area contributed by atoms with E-state index in [0.717, 1.165) is 22.2 Å². The van der Waals surface area contributed by atoms with Gasteiger partial charge in [-0.25, -0.2) is 4.98 Å². The van der Waals surface area contributed by atoms with Crippen LogP contribution < -0.4 is 10.1 Å². The average molecular weight is 311 g/mol. The Morgan fingerprint density at radius 2 is 2.09 bits per heavy atom. The Hall–Kier alpha value is -2.73. The minimum absolute atomic E-state index is 0.344. The van der Waals surface area contributed by atoms with Crippen molar-refractivity contribution >= 4 is 28.1 Å². The standard InChI is InChI=1S/C16H13N3O2S/c1-11(20)21-13-6-4-5-12(9-13)18-16-19-15(10-22-16)14-7-2-3-8-17-14/h2-10H,1H3,(H,18,19). The number of carbonyl (C=O) groups is 1. The van der Waals surface area contributed by atoms with Crippen LogP contribution in [0.15, 0.2) is 54.0 Å². The summed E-state index contributed by atoms with van der Waals surface area (Å²) in [5, 5.41) is 5.89. The molecule has 0 bridgehead atoms. The summed E-state index contributed by atoms with van der Waals surface area (Å²) in [4.78, 5) is 19.8. The predicted octanol–water partition coefficient (Wildman–Crippen LogP) is 3.87. The van der Waals surface area contributed by atoms with Crippen LogP contribution in [0.1, 0.15) is 6.92 Å². The topological polar surface area (TPSA) is 64.1 Å². The second kappa shape index (κ2) is 6.36. The van der Waals surface area contributed by atoms with Gasteiger partial charge in [0.2, 0.25) is 0 Å². The molecule has 0 amide bonds. The van der Waals surface area contributed by atoms with Crippen LogP contribution >= 0.6 is 11.3 Å². The molecule has 0 spiro atoms. The van der Waals surface area contributed by atoms with Gasteiger partial charge < -0.3 is 10.1 Å². The van der Waals surface area contributed by atoms with Gasteiger partial charge in [0.25, 0.3) is 0 Å². The van der Waals surface area contributed by atoms with Gasteiger partial charge in [-0.15, -0.1) is 11.3 Å². The summed E-state index contributed by atoms with van der Waals surface area (Å²) < 4.78 is 5.06. The van der Waals surface area contributed by atoms with Gasteiger partial charge in [-0.05, 0) is 24.3 Å². The van der Waals surface area contributed by atoms with E-state index in [1.807, 2.05) is 35.7 Å². The summed E-state index contributed by atoms with van der Waals surface area (Å²) in [6, 6.07) is 12.9. The highest BCUT2D eigenvalue weighted by molar-refractivity contribution is 7.14. The number of benzene rings is 1. The highest BCUT2D eigenvalue weighted by Crippen LogP contribution is 2.27. The monoisotopic (exact) mass is 311 g/mol. The van der Waals surface area contributed by atoms with Crippen LogP contribution in [0.5, 0.6) is 5.75 Å². The van der Waals surface area contributed by atoms with Crippen LogP contribution in [0.25, 0.3) is 11.4 Å². The molecule has 5 nitrogen and oxygen atoms in total. The SMILES string of the molecule is CC(=O)Oc1cccc(Nc2nc(-c3ccccn3)cs2)c1. The molecule has 2 heterocycles. The number of nitrogens with zero attached hydrogens (tertiary/aromatic N) is 2. The Labute approximate surface area is 131 Å². The molecule has 110 valence electrons. The third-order valence-electron chi connectivity index (χ3n) is 2.78. The second-order valence-corrected chi connectivity index (χ2v) is 5.36. The maximum Gasteiger partial charge on any atom is 0.308 e. The molecule has 1 aromatic carbocycles. The quantitative estimate of drug-likeness (QED) is 0.585. The first-order chi connectivity index (χ1) is 10.7. The lowest BCUT2D eigenvalue weighted by molar-refractivity contribution is -0.131. The molecule has 0 aliphatic rings. The second-order valence-electron chi connectivity index (χ2n) is 4.50. The van der Waals surface area contributed by atoms with Crippen LogP contribution in [-0.4, -0.2) is 15.9 Å². The Bertz CT molecular complexity index is 787. The molecule has 0 fully saturated rings. The lowest BCUT2D eigenvalue weighted by atomic mass is 10.3. The molecule has 3 aromatic rings. The molecule has 6 heteroatoms. The van der Waals surface area contributed by atoms with E-state index >= 15 is 0 Å². The predicted molar refractivity (Wildman–Crippen MR) is 86.4 cm³/mol. The maximum absolute atomic E-state index is 11.0. The normalized spacial score (nSPS) is 10.2. The summed E-state index contributed by atoms with van der Waals surface area (Å²) in [7, 11) is 0. The zero-order valence-electron chi connectivity index (χ0n) is 11.8. The van der Waals surface area contributed by atoms with Gasteiger partial charge in [-0.2, -0.15) is 0 Å². The van der Waals surface area contributed by atoms with Crippen molar-refractivity contribution in [3.8, 4) is 17.1 Å². The van der Waals surface area contributed by atoms with Crippen molar-refractivity contribution < 1.29 is 9.53 Å². The third-order valence-corrected chi connectivity index (χ3v) is 3.54. The Morgan fingerprint density at radius 1 is 1.18 bits per heavy atom. The van der Waals surface area contributed by atoms with E-state index in [1.54, 1.807) is 18.3 Å². The molecule has 3 rings (SSSR count). The van der Waals surface area contributed by atoms with Crippen LogP contribution in [-0.2, 0) is 4.79 Å². The van der Waals surface area contributed by atoms with E-state index < -0.39 is 0 Å². The number of pyridine rings is 1. The maximum atomic E-state index is 11.0. The van der Waals surface area contributed by atoms with E-state index in [2.05, 4.69) is 15.3 Å². The first kappa shape index (κ1) is 14.2. The lowest BCUT2D eigenvalue weighted by Gasteiger charge is -2.05. The third kappa shape index (κ3) is 3.48. The fraction of sp³-hybridized carbons (Fsp3) is 0.0625. The zero-order valence-corrected chi connectivity index (χ0v) is 12.6. The summed E-state index contributed by atoms with van der Waals surface area (Å²) in [5.74, 6) is 0.155. The van der Waals surface area contributed by atoms with Gasteiger partial charge in [0.05, 0.1) is 5.69 Å². The first-order valence-electron chi connectivity index (χ1n) is 6.63. The van der Waals surface area contributed by atoms with Gasteiger partial charge in [-0.1, -0.05) is 12.1 Å². The molecule has 22 heavy (non-hydrogen) atoms. The van der Waals surface area contributed by atoms with Gasteiger partial charge in [-0.3, -0.25) is 9.78 Å². The molecule has 0 aliphatic carbocycles. The van der Waals surface area contributed by atoms with E-state index in [-0.39, 0.29) is 5.97 Å².